The summed E-state index contributed by atoms with van der Waals surface area (Å²) in [6.45, 7) is 0.867. The molecule has 4 rings (SSSR count). The van der Waals surface area contributed by atoms with Crippen LogP contribution in [0.1, 0.15) is 54.4 Å². The molecule has 2 fully saturated rings. The third-order valence-electron chi connectivity index (χ3n) is 6.19. The van der Waals surface area contributed by atoms with Gasteiger partial charge < -0.3 is 15.5 Å². The summed E-state index contributed by atoms with van der Waals surface area (Å²) in [6.07, 6.45) is 7.30. The summed E-state index contributed by atoms with van der Waals surface area (Å²) >= 11 is 5.37. The molecule has 1 aliphatic carbocycles. The van der Waals surface area contributed by atoms with Gasteiger partial charge >= 0.3 is 0 Å². The van der Waals surface area contributed by atoms with E-state index in [1.54, 1.807) is 6.07 Å². The van der Waals surface area contributed by atoms with Crippen molar-refractivity contribution in [3.05, 3.63) is 59.7 Å². The number of anilines is 2. The lowest BCUT2D eigenvalue weighted by Crippen LogP contribution is -2.49. The Labute approximate surface area is 183 Å². The van der Waals surface area contributed by atoms with E-state index < -0.39 is 0 Å². The molecule has 2 atom stereocenters. The zero-order valence-corrected chi connectivity index (χ0v) is 17.8. The minimum absolute atomic E-state index is 0.141. The molecule has 1 saturated carbocycles. The number of carbonyl (C=O) groups excluding carboxylic acids is 1. The number of hydrogen-bond donors (Lipinski definition) is 2. The largest absolute Gasteiger partial charge is 0.335 e. The minimum atomic E-state index is 0.141. The van der Waals surface area contributed by atoms with Gasteiger partial charge in [0.2, 0.25) is 0 Å². The van der Waals surface area contributed by atoms with Gasteiger partial charge in [-0.25, -0.2) is 0 Å². The number of nitrogens with zero attached hydrogens (tertiary/aromatic N) is 2. The number of rotatable bonds is 3. The maximum absolute atomic E-state index is 13.1. The molecular weight excluding hydrogens is 392 g/mol. The maximum Gasteiger partial charge on any atom is 0.254 e. The van der Waals surface area contributed by atoms with Crippen LogP contribution < -0.4 is 10.6 Å². The van der Waals surface area contributed by atoms with E-state index in [0.29, 0.717) is 28.3 Å². The summed E-state index contributed by atoms with van der Waals surface area (Å²) in [4.78, 5) is 15.2. The van der Waals surface area contributed by atoms with Crippen LogP contribution in [0.15, 0.2) is 48.5 Å². The first-order valence-electron chi connectivity index (χ1n) is 10.6. The first-order valence-corrected chi connectivity index (χ1v) is 11.0. The number of nitrogens with one attached hydrogen (secondary N) is 2. The first-order chi connectivity index (χ1) is 14.7. The Morgan fingerprint density at radius 1 is 1.00 bits per heavy atom. The molecule has 1 saturated heterocycles. The number of nitriles is 1. The molecule has 154 valence electrons. The van der Waals surface area contributed by atoms with Crippen LogP contribution in [0, 0.1) is 17.2 Å². The highest BCUT2D eigenvalue weighted by Gasteiger charge is 2.35. The fourth-order valence-corrected chi connectivity index (χ4v) is 4.94. The molecule has 0 unspecified atom stereocenters. The molecule has 5 nitrogen and oxygen atoms in total. The molecule has 2 aliphatic rings. The lowest BCUT2D eigenvalue weighted by molar-refractivity contribution is 0.0391. The lowest BCUT2D eigenvalue weighted by atomic mass is 9.78. The second-order valence-electron chi connectivity index (χ2n) is 8.07. The zero-order chi connectivity index (χ0) is 20.9. The monoisotopic (exact) mass is 418 g/mol. The van der Waals surface area contributed by atoms with Crippen LogP contribution in [0.2, 0.25) is 0 Å². The van der Waals surface area contributed by atoms with Crippen molar-refractivity contribution in [1.82, 2.24) is 4.90 Å². The molecule has 1 aliphatic heterocycles. The fourth-order valence-electron chi connectivity index (χ4n) is 4.71. The van der Waals surface area contributed by atoms with E-state index in [-0.39, 0.29) is 5.91 Å². The molecule has 0 spiro atoms. The first kappa shape index (κ1) is 20.4. The van der Waals surface area contributed by atoms with E-state index in [4.69, 9.17) is 12.2 Å². The number of likely N-dealkylation sites (tertiary alicyclic amines) is 1. The maximum atomic E-state index is 13.1. The Bertz CT molecular complexity index is 964. The van der Waals surface area contributed by atoms with E-state index >= 15 is 0 Å². The van der Waals surface area contributed by atoms with E-state index in [9.17, 15) is 10.1 Å². The van der Waals surface area contributed by atoms with Gasteiger partial charge in [0, 0.05) is 23.8 Å². The number of para-hydroxylation sites is 1. The Hall–Kier alpha value is -2.91. The summed E-state index contributed by atoms with van der Waals surface area (Å²) in [5.74, 6) is 0.818. The molecule has 6 heteroatoms. The fraction of sp³-hybridized carbons (Fsp3) is 0.375. The van der Waals surface area contributed by atoms with Gasteiger partial charge in [-0.05, 0) is 80.2 Å². The highest BCUT2D eigenvalue weighted by molar-refractivity contribution is 7.80. The summed E-state index contributed by atoms with van der Waals surface area (Å²) in [5, 5.41) is 15.8. The third-order valence-corrected chi connectivity index (χ3v) is 6.39. The van der Waals surface area contributed by atoms with Crippen molar-refractivity contribution in [3.63, 3.8) is 0 Å². The van der Waals surface area contributed by atoms with Crippen molar-refractivity contribution >= 4 is 34.6 Å². The van der Waals surface area contributed by atoms with Gasteiger partial charge in [0.1, 0.15) is 6.07 Å². The van der Waals surface area contributed by atoms with Gasteiger partial charge in [0.05, 0.1) is 11.3 Å². The predicted molar refractivity (Wildman–Crippen MR) is 123 cm³/mol. The van der Waals surface area contributed by atoms with Crippen LogP contribution >= 0.6 is 12.2 Å². The topological polar surface area (TPSA) is 68.2 Å². The van der Waals surface area contributed by atoms with Gasteiger partial charge in [0.25, 0.3) is 5.91 Å². The van der Waals surface area contributed by atoms with Crippen LogP contribution in [0.3, 0.4) is 0 Å². The van der Waals surface area contributed by atoms with Crippen LogP contribution in [0.5, 0.6) is 0 Å². The second kappa shape index (κ2) is 9.27. The predicted octanol–water partition coefficient (Wildman–Crippen LogP) is 5.16. The molecule has 1 heterocycles. The molecule has 0 radical (unpaired) electrons. The number of thiocarbonyl (C=S) groups is 1. The van der Waals surface area contributed by atoms with Crippen LogP contribution in [0.25, 0.3) is 0 Å². The Morgan fingerprint density at radius 2 is 1.73 bits per heavy atom. The molecule has 0 bridgehead atoms. The van der Waals surface area contributed by atoms with Crippen molar-refractivity contribution in [2.75, 3.05) is 17.2 Å². The van der Waals surface area contributed by atoms with Gasteiger partial charge in [-0.3, -0.25) is 4.79 Å². The number of hydrogen-bond acceptors (Lipinski definition) is 3. The summed E-state index contributed by atoms with van der Waals surface area (Å²) in [7, 11) is 0. The Morgan fingerprint density at radius 3 is 2.53 bits per heavy atom. The third kappa shape index (κ3) is 4.47. The number of piperidine rings is 1. The van der Waals surface area contributed by atoms with Crippen molar-refractivity contribution in [3.8, 4) is 6.07 Å². The zero-order valence-electron chi connectivity index (χ0n) is 16.9. The molecule has 0 aromatic heterocycles. The van der Waals surface area contributed by atoms with Crippen molar-refractivity contribution in [2.24, 2.45) is 5.92 Å². The average molecular weight is 419 g/mol. The SMILES string of the molecule is N#Cc1ccccc1NC(=S)Nc1ccc(C(=O)N2CCC[C@@H]3CCCC[C@@H]32)cc1. The summed E-state index contributed by atoms with van der Waals surface area (Å²) < 4.78 is 0. The molecule has 2 aromatic carbocycles. The average Bonchev–Trinajstić information content (AvgIpc) is 2.79. The van der Waals surface area contributed by atoms with E-state index in [1.165, 1.54) is 25.7 Å². The molecule has 2 N–H and O–H groups in total. The van der Waals surface area contributed by atoms with Crippen molar-refractivity contribution < 1.29 is 4.79 Å². The lowest BCUT2D eigenvalue weighted by Gasteiger charge is -2.44. The minimum Gasteiger partial charge on any atom is -0.335 e. The van der Waals surface area contributed by atoms with Crippen LogP contribution in [-0.4, -0.2) is 28.5 Å². The van der Waals surface area contributed by atoms with Gasteiger partial charge in [-0.2, -0.15) is 5.26 Å². The quantitative estimate of drug-likeness (QED) is 0.674. The standard InChI is InChI=1S/C24H26N4OS/c25-16-19-7-1-3-9-21(19)27-24(30)26-20-13-11-18(12-14-20)23(29)28-15-5-8-17-6-2-4-10-22(17)28/h1,3,7,9,11-14,17,22H,2,4-6,8,10,15H2,(H2,26,27,30)/t17-,22-/m0/s1. The number of benzene rings is 2. The molecule has 1 amide bonds. The van der Waals surface area contributed by atoms with Gasteiger partial charge in [-0.1, -0.05) is 25.0 Å². The number of carbonyl (C=O) groups is 1. The van der Waals surface area contributed by atoms with Crippen LogP contribution in [0.4, 0.5) is 11.4 Å². The van der Waals surface area contributed by atoms with E-state index in [1.807, 2.05) is 42.5 Å². The van der Waals surface area contributed by atoms with Crippen LogP contribution in [-0.2, 0) is 0 Å². The smallest absolute Gasteiger partial charge is 0.254 e. The number of fused-ring (bicyclic) bond motifs is 1. The highest BCUT2D eigenvalue weighted by Crippen LogP contribution is 2.36. The Balaban J connectivity index is 1.39. The normalized spacial score (nSPS) is 20.6. The molecular formula is C24H26N4OS. The molecule has 2 aromatic rings. The molecule has 30 heavy (non-hydrogen) atoms. The summed E-state index contributed by atoms with van der Waals surface area (Å²) in [6, 6.07) is 17.2. The van der Waals surface area contributed by atoms with Crippen molar-refractivity contribution in [2.45, 2.75) is 44.6 Å². The number of amides is 1. The van der Waals surface area contributed by atoms with Gasteiger partial charge in [0.15, 0.2) is 5.11 Å². The van der Waals surface area contributed by atoms with E-state index in [2.05, 4.69) is 21.6 Å². The summed E-state index contributed by atoms with van der Waals surface area (Å²) in [5.41, 5.74) is 2.72. The second-order valence-corrected chi connectivity index (χ2v) is 8.47. The Kier molecular flexibility index (Phi) is 6.29. The van der Waals surface area contributed by atoms with Gasteiger partial charge in [-0.15, -0.1) is 0 Å². The van der Waals surface area contributed by atoms with Crippen molar-refractivity contribution in [1.29, 1.82) is 5.26 Å². The highest BCUT2D eigenvalue weighted by atomic mass is 32.1. The van der Waals surface area contributed by atoms with E-state index in [0.717, 1.165) is 30.6 Å².